The minimum absolute atomic E-state index is 0.0298. The Balaban J connectivity index is 1.93. The monoisotopic (exact) mass is 326 g/mol. The van der Waals surface area contributed by atoms with E-state index in [9.17, 15) is 8.78 Å². The zero-order valence-electron chi connectivity index (χ0n) is 14.1. The second-order valence-electron chi connectivity index (χ2n) is 6.80. The van der Waals surface area contributed by atoms with Crippen molar-refractivity contribution in [1.82, 2.24) is 9.88 Å². The Morgan fingerprint density at radius 2 is 2.00 bits per heavy atom. The maximum atomic E-state index is 14.9. The Labute approximate surface area is 141 Å². The number of halogens is 2. The van der Waals surface area contributed by atoms with Crippen LogP contribution in [-0.4, -0.2) is 22.5 Å². The molecule has 0 spiro atoms. The van der Waals surface area contributed by atoms with Gasteiger partial charge in [0, 0.05) is 17.3 Å². The summed E-state index contributed by atoms with van der Waals surface area (Å²) >= 11 is 0. The summed E-state index contributed by atoms with van der Waals surface area (Å²) in [6.07, 6.45) is 3.45. The van der Waals surface area contributed by atoms with Gasteiger partial charge in [0.2, 0.25) is 0 Å². The Morgan fingerprint density at radius 3 is 2.67 bits per heavy atom. The van der Waals surface area contributed by atoms with Gasteiger partial charge < -0.3 is 0 Å². The number of rotatable bonds is 1. The maximum absolute atomic E-state index is 14.9. The zero-order valence-corrected chi connectivity index (χ0v) is 14.1. The molecule has 1 aromatic carbocycles. The van der Waals surface area contributed by atoms with E-state index in [4.69, 9.17) is 0 Å². The van der Waals surface area contributed by atoms with E-state index in [0.717, 1.165) is 12.8 Å². The topological polar surface area (TPSA) is 16.1 Å². The van der Waals surface area contributed by atoms with Gasteiger partial charge in [0.1, 0.15) is 5.82 Å². The molecule has 2 heterocycles. The molecule has 0 radical (unpaired) electrons. The van der Waals surface area contributed by atoms with Gasteiger partial charge in [-0.3, -0.25) is 9.88 Å². The molecule has 0 bridgehead atoms. The smallest absolute Gasteiger partial charge is 0.161 e. The number of hydrogen-bond donors (Lipinski definition) is 0. The van der Waals surface area contributed by atoms with Crippen LogP contribution in [0.5, 0.6) is 0 Å². The summed E-state index contributed by atoms with van der Waals surface area (Å²) in [4.78, 5) is 6.43. The third-order valence-corrected chi connectivity index (χ3v) is 4.85. The molecule has 0 saturated carbocycles. The van der Waals surface area contributed by atoms with Crippen LogP contribution < -0.4 is 0 Å². The molecule has 3 rings (SSSR count). The fraction of sp³-hybridized carbons (Fsp3) is 0.350. The van der Waals surface area contributed by atoms with Crippen LogP contribution in [0.25, 0.3) is 0 Å². The lowest BCUT2D eigenvalue weighted by atomic mass is 10.0. The normalized spacial score (nSPS) is 19.8. The molecule has 0 aliphatic carbocycles. The maximum Gasteiger partial charge on any atom is 0.161 e. The summed E-state index contributed by atoms with van der Waals surface area (Å²) in [5, 5.41) is 0. The van der Waals surface area contributed by atoms with E-state index in [-0.39, 0.29) is 23.2 Å². The molecule has 1 aliphatic heterocycles. The van der Waals surface area contributed by atoms with Gasteiger partial charge >= 0.3 is 0 Å². The van der Waals surface area contributed by atoms with Crippen LogP contribution in [0.4, 0.5) is 8.78 Å². The molecule has 1 aromatic heterocycles. The standard InChI is InChI=1S/C20H20F2N2/c1-20(2)11-9-17(24(20)3)19-18(22)15(10-12-23-19)8-7-14-5-4-6-16(21)13-14/h4-6,10,12-13,17H,9,11H2,1-3H3. The van der Waals surface area contributed by atoms with Gasteiger partial charge in [-0.1, -0.05) is 17.9 Å². The van der Waals surface area contributed by atoms with Crippen molar-refractivity contribution < 1.29 is 8.78 Å². The van der Waals surface area contributed by atoms with Crippen molar-refractivity contribution in [3.05, 3.63) is 65.0 Å². The molecule has 4 heteroatoms. The van der Waals surface area contributed by atoms with E-state index in [1.165, 1.54) is 12.1 Å². The van der Waals surface area contributed by atoms with Crippen molar-refractivity contribution >= 4 is 0 Å². The molecule has 2 aromatic rings. The largest absolute Gasteiger partial charge is 0.293 e. The van der Waals surface area contributed by atoms with Crippen LogP contribution in [0, 0.1) is 23.5 Å². The highest BCUT2D eigenvalue weighted by Crippen LogP contribution is 2.41. The summed E-state index contributed by atoms with van der Waals surface area (Å²) in [5.74, 6) is 4.89. The molecule has 1 atom stereocenters. The second kappa shape index (κ2) is 6.33. The fourth-order valence-corrected chi connectivity index (χ4v) is 3.10. The van der Waals surface area contributed by atoms with Crippen LogP contribution in [-0.2, 0) is 0 Å². The molecule has 0 amide bonds. The van der Waals surface area contributed by atoms with Crippen molar-refractivity contribution in [2.45, 2.75) is 38.3 Å². The Kier molecular flexibility index (Phi) is 4.38. The van der Waals surface area contributed by atoms with Crippen molar-refractivity contribution in [1.29, 1.82) is 0 Å². The highest BCUT2D eigenvalue weighted by atomic mass is 19.1. The fourth-order valence-electron chi connectivity index (χ4n) is 3.10. The Bertz CT molecular complexity index is 818. The average molecular weight is 326 g/mol. The molecule has 1 aliphatic rings. The quantitative estimate of drug-likeness (QED) is 0.726. The number of nitrogens with zero attached hydrogens (tertiary/aromatic N) is 2. The van der Waals surface area contributed by atoms with Gasteiger partial charge in [0.05, 0.1) is 17.3 Å². The molecule has 24 heavy (non-hydrogen) atoms. The Morgan fingerprint density at radius 1 is 1.21 bits per heavy atom. The van der Waals surface area contributed by atoms with Crippen LogP contribution in [0.15, 0.2) is 36.5 Å². The SMILES string of the molecule is CN1C(c2nccc(C#Cc3cccc(F)c3)c2F)CCC1(C)C. The second-order valence-corrected chi connectivity index (χ2v) is 6.80. The van der Waals surface area contributed by atoms with Crippen molar-refractivity contribution in [2.24, 2.45) is 0 Å². The lowest BCUT2D eigenvalue weighted by molar-refractivity contribution is 0.165. The average Bonchev–Trinajstić information content (AvgIpc) is 2.81. The molecular weight excluding hydrogens is 306 g/mol. The first kappa shape index (κ1) is 16.6. The first-order chi connectivity index (χ1) is 11.4. The van der Waals surface area contributed by atoms with Crippen LogP contribution in [0.2, 0.25) is 0 Å². The molecule has 124 valence electrons. The van der Waals surface area contributed by atoms with Gasteiger partial charge in [0.15, 0.2) is 5.82 Å². The summed E-state index contributed by atoms with van der Waals surface area (Å²) in [6, 6.07) is 7.49. The van der Waals surface area contributed by atoms with E-state index in [1.807, 2.05) is 7.05 Å². The zero-order chi connectivity index (χ0) is 17.3. The van der Waals surface area contributed by atoms with Gasteiger partial charge in [-0.25, -0.2) is 8.78 Å². The minimum Gasteiger partial charge on any atom is -0.293 e. The predicted octanol–water partition coefficient (Wildman–Crippen LogP) is 4.30. The minimum atomic E-state index is -0.379. The van der Waals surface area contributed by atoms with Crippen molar-refractivity contribution in [3.8, 4) is 11.8 Å². The predicted molar refractivity (Wildman–Crippen MR) is 90.4 cm³/mol. The van der Waals surface area contributed by atoms with Gasteiger partial charge in [-0.05, 0) is 58.0 Å². The van der Waals surface area contributed by atoms with E-state index in [1.54, 1.807) is 24.4 Å². The molecular formula is C20H20F2N2. The van der Waals surface area contributed by atoms with Crippen molar-refractivity contribution in [3.63, 3.8) is 0 Å². The third kappa shape index (κ3) is 3.18. The van der Waals surface area contributed by atoms with Gasteiger partial charge in [0.25, 0.3) is 0 Å². The number of pyridine rings is 1. The molecule has 1 unspecified atom stereocenters. The highest BCUT2D eigenvalue weighted by molar-refractivity contribution is 5.44. The van der Waals surface area contributed by atoms with Crippen LogP contribution >= 0.6 is 0 Å². The number of likely N-dealkylation sites (tertiary alicyclic amines) is 1. The number of aromatic nitrogens is 1. The molecule has 2 nitrogen and oxygen atoms in total. The Hall–Kier alpha value is -2.25. The van der Waals surface area contributed by atoms with E-state index < -0.39 is 0 Å². The third-order valence-electron chi connectivity index (χ3n) is 4.85. The van der Waals surface area contributed by atoms with Crippen molar-refractivity contribution in [2.75, 3.05) is 7.05 Å². The van der Waals surface area contributed by atoms with Gasteiger partial charge in [-0.15, -0.1) is 0 Å². The van der Waals surface area contributed by atoms with E-state index >= 15 is 0 Å². The first-order valence-electron chi connectivity index (χ1n) is 8.03. The van der Waals surface area contributed by atoms with Gasteiger partial charge in [-0.2, -0.15) is 0 Å². The summed E-state index contributed by atoms with van der Waals surface area (Å²) < 4.78 is 28.1. The summed E-state index contributed by atoms with van der Waals surface area (Å²) in [6.45, 7) is 4.30. The number of benzene rings is 1. The highest BCUT2D eigenvalue weighted by Gasteiger charge is 2.39. The molecule has 1 saturated heterocycles. The lowest BCUT2D eigenvalue weighted by Gasteiger charge is -2.31. The molecule has 1 fully saturated rings. The number of hydrogen-bond acceptors (Lipinski definition) is 2. The van der Waals surface area contributed by atoms with Crippen LogP contribution in [0.1, 0.15) is 49.6 Å². The van der Waals surface area contributed by atoms with Crippen LogP contribution in [0.3, 0.4) is 0 Å². The molecule has 0 N–H and O–H groups in total. The lowest BCUT2D eigenvalue weighted by Crippen LogP contribution is -2.36. The summed E-state index contributed by atoms with van der Waals surface area (Å²) in [5.41, 5.74) is 1.28. The van der Waals surface area contributed by atoms with E-state index in [0.29, 0.717) is 16.8 Å². The summed E-state index contributed by atoms with van der Waals surface area (Å²) in [7, 11) is 2.00. The van der Waals surface area contributed by atoms with E-state index in [2.05, 4.69) is 35.6 Å². The first-order valence-corrected chi connectivity index (χ1v) is 8.03.